The third kappa shape index (κ3) is 13.8. The van der Waals surface area contributed by atoms with Crippen molar-refractivity contribution in [1.82, 2.24) is 9.97 Å². The lowest BCUT2D eigenvalue weighted by Gasteiger charge is -2.18. The predicted molar refractivity (Wildman–Crippen MR) is 199 cm³/mol. The first-order valence-corrected chi connectivity index (χ1v) is 17.4. The van der Waals surface area contributed by atoms with Crippen molar-refractivity contribution in [2.24, 2.45) is 5.92 Å². The summed E-state index contributed by atoms with van der Waals surface area (Å²) in [6.45, 7) is 12.3. The van der Waals surface area contributed by atoms with Gasteiger partial charge in [0.15, 0.2) is 0 Å². The van der Waals surface area contributed by atoms with Crippen molar-refractivity contribution in [3.63, 3.8) is 0 Å². The summed E-state index contributed by atoms with van der Waals surface area (Å²) in [7, 11) is 0. The zero-order valence-electron chi connectivity index (χ0n) is 29.7. The Morgan fingerprint density at radius 3 is 1.57 bits per heavy atom. The third-order valence-corrected chi connectivity index (χ3v) is 7.92. The van der Waals surface area contributed by atoms with E-state index in [2.05, 4.69) is 35.3 Å². The molecule has 9 nitrogen and oxygen atoms in total. The number of carbonyl (C=O) groups is 2. The minimum Gasteiger partial charge on any atom is -0.494 e. The lowest BCUT2D eigenvalue weighted by molar-refractivity contribution is -0.144. The van der Waals surface area contributed by atoms with Gasteiger partial charge in [0, 0.05) is 23.3 Å². The number of nitrogens with zero attached hydrogens (tertiary/aromatic N) is 2. The smallest absolute Gasteiger partial charge is 0.333 e. The Labute approximate surface area is 301 Å². The normalized spacial score (nSPS) is 10.7. The molecule has 0 atom stereocenters. The van der Waals surface area contributed by atoms with Gasteiger partial charge < -0.3 is 23.7 Å². The van der Waals surface area contributed by atoms with Gasteiger partial charge in [-0.1, -0.05) is 62.8 Å². The zero-order chi connectivity index (χ0) is 36.3. The molecule has 0 spiro atoms. The molecule has 0 unspecified atom stereocenters. The molecule has 0 fully saturated rings. The molecule has 0 N–H and O–H groups in total. The van der Waals surface area contributed by atoms with E-state index in [4.69, 9.17) is 23.7 Å². The van der Waals surface area contributed by atoms with E-state index in [0.717, 1.165) is 66.1 Å². The zero-order valence-corrected chi connectivity index (χ0v) is 29.7. The maximum absolute atomic E-state index is 11.8. The molecule has 9 heteroatoms. The van der Waals surface area contributed by atoms with Crippen LogP contribution < -0.4 is 14.2 Å². The number of esters is 2. The minimum atomic E-state index is -0.481. The van der Waals surface area contributed by atoms with Crippen molar-refractivity contribution in [2.75, 3.05) is 33.0 Å². The molecule has 51 heavy (non-hydrogen) atoms. The van der Waals surface area contributed by atoms with Crippen LogP contribution in [0.15, 0.2) is 116 Å². The number of unbranched alkanes of at least 4 members (excludes halogenated alkanes) is 4. The highest BCUT2D eigenvalue weighted by Crippen LogP contribution is 2.25. The van der Waals surface area contributed by atoms with E-state index in [1.807, 2.05) is 66.7 Å². The Bertz CT molecular complexity index is 1640. The summed E-state index contributed by atoms with van der Waals surface area (Å²) in [5.74, 6) is 1.16. The first-order valence-electron chi connectivity index (χ1n) is 17.4. The van der Waals surface area contributed by atoms with E-state index in [1.165, 1.54) is 0 Å². The fourth-order valence-electron chi connectivity index (χ4n) is 4.92. The summed E-state index contributed by atoms with van der Waals surface area (Å²) in [5.41, 5.74) is 4.45. The Morgan fingerprint density at radius 1 is 0.588 bits per heavy atom. The molecule has 0 bridgehead atoms. The molecule has 0 saturated carbocycles. The molecule has 0 aliphatic heterocycles. The lowest BCUT2D eigenvalue weighted by Crippen LogP contribution is -2.23. The van der Waals surface area contributed by atoms with Gasteiger partial charge in [0.1, 0.15) is 17.2 Å². The quantitative estimate of drug-likeness (QED) is 0.0454. The molecule has 0 radical (unpaired) electrons. The summed E-state index contributed by atoms with van der Waals surface area (Å²) in [5, 5.41) is 0. The molecule has 0 aliphatic rings. The number of carbonyl (C=O) groups excluding carboxylic acids is 2. The maximum atomic E-state index is 11.8. The highest BCUT2D eigenvalue weighted by Gasteiger charge is 2.16. The summed E-state index contributed by atoms with van der Waals surface area (Å²) in [6.07, 6.45) is 9.40. The van der Waals surface area contributed by atoms with Gasteiger partial charge in [-0.05, 0) is 92.8 Å². The number of benzene rings is 2. The molecule has 2 aromatic heterocycles. The Morgan fingerprint density at radius 2 is 1.08 bits per heavy atom. The second kappa shape index (κ2) is 20.9. The molecular weight excluding hydrogens is 644 g/mol. The number of rotatable bonds is 22. The van der Waals surface area contributed by atoms with E-state index in [-0.39, 0.29) is 19.1 Å². The highest BCUT2D eigenvalue weighted by atomic mass is 16.5. The molecule has 4 rings (SSSR count). The van der Waals surface area contributed by atoms with Crippen LogP contribution in [0, 0.1) is 5.92 Å². The topological polar surface area (TPSA) is 106 Å². The molecular formula is C42H48N2O7. The van der Waals surface area contributed by atoms with Crippen LogP contribution in [-0.2, 0) is 19.1 Å². The van der Waals surface area contributed by atoms with E-state index in [1.54, 1.807) is 26.2 Å². The molecule has 0 amide bonds. The van der Waals surface area contributed by atoms with E-state index in [0.29, 0.717) is 43.1 Å². The predicted octanol–water partition coefficient (Wildman–Crippen LogP) is 8.84. The average Bonchev–Trinajstić information content (AvgIpc) is 3.15. The number of pyridine rings is 2. The minimum absolute atomic E-state index is 0.0942. The molecule has 0 saturated heterocycles. The average molecular weight is 693 g/mol. The fourth-order valence-corrected chi connectivity index (χ4v) is 4.92. The van der Waals surface area contributed by atoms with Crippen LogP contribution >= 0.6 is 0 Å². The SMILES string of the molecule is C=C(C)C(=O)OCC(CCOc1ccc(-c2ccc(OCCCCCCCOc3ccc(-c4ccccn4)nc3)cc2)cc1)COC(=O)C(=C)C. The van der Waals surface area contributed by atoms with Gasteiger partial charge in [0.25, 0.3) is 0 Å². The second-order valence-electron chi connectivity index (χ2n) is 12.4. The summed E-state index contributed by atoms with van der Waals surface area (Å²) >= 11 is 0. The van der Waals surface area contributed by atoms with Crippen LogP contribution in [-0.4, -0.2) is 54.9 Å². The van der Waals surface area contributed by atoms with Crippen LogP contribution in [0.2, 0.25) is 0 Å². The first-order chi connectivity index (χ1) is 24.8. The van der Waals surface area contributed by atoms with Crippen LogP contribution in [0.25, 0.3) is 22.5 Å². The van der Waals surface area contributed by atoms with Gasteiger partial charge in [0.05, 0.1) is 50.6 Å². The van der Waals surface area contributed by atoms with Crippen molar-refractivity contribution in [3.8, 4) is 39.8 Å². The molecule has 0 aliphatic carbocycles. The van der Waals surface area contributed by atoms with Crippen molar-refractivity contribution in [1.29, 1.82) is 0 Å². The van der Waals surface area contributed by atoms with Crippen molar-refractivity contribution < 1.29 is 33.3 Å². The van der Waals surface area contributed by atoms with Crippen LogP contribution in [0.3, 0.4) is 0 Å². The molecule has 2 aromatic carbocycles. The maximum Gasteiger partial charge on any atom is 0.333 e. The lowest BCUT2D eigenvalue weighted by atomic mass is 10.1. The summed E-state index contributed by atoms with van der Waals surface area (Å²) < 4.78 is 28.3. The van der Waals surface area contributed by atoms with Gasteiger partial charge in [-0.3, -0.25) is 9.97 Å². The van der Waals surface area contributed by atoms with Gasteiger partial charge in [-0.25, -0.2) is 9.59 Å². The number of ether oxygens (including phenoxy) is 5. The molecule has 4 aromatic rings. The van der Waals surface area contributed by atoms with Crippen molar-refractivity contribution in [3.05, 3.63) is 116 Å². The molecule has 2 heterocycles. The Kier molecular flexibility index (Phi) is 15.7. The standard InChI is InChI=1S/C42H48N2O7/c1-31(2)41(45)50-29-33(30-51-42(46)32(3)4)23-27-49-37-19-15-35(16-20-37)34-13-17-36(18-14-34)47-25-10-6-5-7-11-26-48-38-21-22-40(44-28-38)39-12-8-9-24-43-39/h8-9,12-22,24,28,33H,1,3,5-7,10-11,23,25-27,29-30H2,2,4H3. The Balaban J connectivity index is 1.08. The summed E-state index contributed by atoms with van der Waals surface area (Å²) in [6, 6.07) is 25.6. The van der Waals surface area contributed by atoms with Crippen molar-refractivity contribution >= 4 is 11.9 Å². The van der Waals surface area contributed by atoms with Crippen LogP contribution in [0.1, 0.15) is 52.4 Å². The van der Waals surface area contributed by atoms with Gasteiger partial charge >= 0.3 is 11.9 Å². The van der Waals surface area contributed by atoms with Gasteiger partial charge in [0.2, 0.25) is 0 Å². The monoisotopic (exact) mass is 692 g/mol. The summed E-state index contributed by atoms with van der Waals surface area (Å²) in [4.78, 5) is 32.5. The van der Waals surface area contributed by atoms with E-state index in [9.17, 15) is 9.59 Å². The fraction of sp³-hybridized carbons (Fsp3) is 0.333. The second-order valence-corrected chi connectivity index (χ2v) is 12.4. The third-order valence-electron chi connectivity index (χ3n) is 7.92. The first kappa shape index (κ1) is 38.4. The Hall–Kier alpha value is -5.44. The van der Waals surface area contributed by atoms with E-state index >= 15 is 0 Å². The number of hydrogen-bond acceptors (Lipinski definition) is 9. The van der Waals surface area contributed by atoms with Crippen molar-refractivity contribution in [2.45, 2.75) is 52.4 Å². The van der Waals surface area contributed by atoms with Gasteiger partial charge in [-0.15, -0.1) is 0 Å². The number of hydrogen-bond donors (Lipinski definition) is 0. The largest absolute Gasteiger partial charge is 0.494 e. The van der Waals surface area contributed by atoms with E-state index < -0.39 is 11.9 Å². The van der Waals surface area contributed by atoms with Crippen LogP contribution in [0.4, 0.5) is 0 Å². The van der Waals surface area contributed by atoms with Gasteiger partial charge in [-0.2, -0.15) is 0 Å². The highest BCUT2D eigenvalue weighted by molar-refractivity contribution is 5.87. The number of aromatic nitrogens is 2. The molecule has 268 valence electrons. The van der Waals surface area contributed by atoms with Crippen LogP contribution in [0.5, 0.6) is 17.2 Å².